The Labute approximate surface area is 233 Å². The first-order valence-electron chi connectivity index (χ1n) is 10.9. The average molecular weight is 621 g/mol. The van der Waals surface area contributed by atoms with Gasteiger partial charge in [0.05, 0.1) is 19.7 Å². The molecule has 18 nitrogen and oxygen atoms in total. The van der Waals surface area contributed by atoms with E-state index in [1.807, 2.05) is 0 Å². The molecule has 2 aliphatic rings. The van der Waals surface area contributed by atoms with Gasteiger partial charge in [-0.15, -0.1) is 23.1 Å². The molecule has 2 aliphatic heterocycles. The number of nitrogens with zero attached hydrogens (tertiary/aromatic N) is 5. The van der Waals surface area contributed by atoms with Gasteiger partial charge in [0.2, 0.25) is 0 Å². The number of carbonyl (C=O) groups excluding carboxylic acids is 2. The normalized spacial score (nSPS) is 18.9. The lowest BCUT2D eigenvalue weighted by Crippen LogP contribution is -2.71. The molecule has 0 radical (unpaired) electrons. The molecule has 1 fully saturated rings. The predicted molar refractivity (Wildman–Crippen MR) is 139 cm³/mol. The third-order valence-electron chi connectivity index (χ3n) is 5.36. The number of fused-ring (bicyclic) bond motifs is 1. The predicted octanol–water partition coefficient (Wildman–Crippen LogP) is -2.06. The number of aromatic nitrogens is 3. The molecule has 0 aromatic carbocycles. The van der Waals surface area contributed by atoms with Crippen LogP contribution in [0.5, 0.6) is 0 Å². The number of aliphatic carboxylic acids is 1. The summed E-state index contributed by atoms with van der Waals surface area (Å²) in [7, 11) is -3.40. The first-order valence-corrected chi connectivity index (χ1v) is 14.2. The van der Waals surface area contributed by atoms with Crippen LogP contribution in [0, 0.1) is 5.41 Å². The van der Waals surface area contributed by atoms with Gasteiger partial charge in [0.15, 0.2) is 10.8 Å². The van der Waals surface area contributed by atoms with Crippen LogP contribution in [0.1, 0.15) is 5.69 Å². The van der Waals surface area contributed by atoms with Crippen LogP contribution in [0.15, 0.2) is 34.1 Å². The highest BCUT2D eigenvalue weighted by atomic mass is 32.3. The zero-order valence-corrected chi connectivity index (χ0v) is 22.9. The van der Waals surface area contributed by atoms with Crippen molar-refractivity contribution in [3.63, 3.8) is 0 Å². The molecule has 4 heterocycles. The SMILES string of the molecule is CO/N=C(/C(=O)N[C@H]1C(=O)N2C(C(=O)O)=C(Cn3ccc(=N)n3CCO)CS[C@H]12)c1csc(N)n1.O=S(=O)(O)O. The van der Waals surface area contributed by atoms with Gasteiger partial charge in [-0.1, -0.05) is 5.16 Å². The lowest BCUT2D eigenvalue weighted by molar-refractivity contribution is -0.150. The highest BCUT2D eigenvalue weighted by molar-refractivity contribution is 8.00. The molecule has 0 unspecified atom stereocenters. The van der Waals surface area contributed by atoms with Crippen molar-refractivity contribution in [1.29, 1.82) is 5.41 Å². The molecule has 218 valence electrons. The van der Waals surface area contributed by atoms with Gasteiger partial charge in [-0.3, -0.25) is 38.4 Å². The van der Waals surface area contributed by atoms with Crippen molar-refractivity contribution >= 4 is 62.1 Å². The van der Waals surface area contributed by atoms with Crippen molar-refractivity contribution < 1.29 is 47.0 Å². The summed E-state index contributed by atoms with van der Waals surface area (Å²) in [5, 5.41) is 34.5. The molecule has 0 bridgehead atoms. The van der Waals surface area contributed by atoms with Crippen molar-refractivity contribution in [3.8, 4) is 0 Å². The van der Waals surface area contributed by atoms with Gasteiger partial charge in [-0.2, -0.15) is 8.42 Å². The molecule has 0 saturated carbocycles. The van der Waals surface area contributed by atoms with Crippen LogP contribution in [-0.4, -0.2) is 101 Å². The second kappa shape index (κ2) is 12.6. The molecule has 1 saturated heterocycles. The number of β-lactam (4-membered cyclic amide) rings is 1. The Bertz CT molecular complexity index is 1520. The third-order valence-corrected chi connectivity index (χ3v) is 7.37. The Morgan fingerprint density at radius 3 is 2.60 bits per heavy atom. The van der Waals surface area contributed by atoms with Gasteiger partial charge in [-0.05, 0) is 11.6 Å². The van der Waals surface area contributed by atoms with Crippen molar-refractivity contribution in [3.05, 3.63) is 40.1 Å². The zero-order valence-electron chi connectivity index (χ0n) is 20.5. The van der Waals surface area contributed by atoms with Crippen LogP contribution < -0.4 is 16.5 Å². The van der Waals surface area contributed by atoms with Crippen LogP contribution >= 0.6 is 23.1 Å². The van der Waals surface area contributed by atoms with E-state index in [1.54, 1.807) is 10.9 Å². The van der Waals surface area contributed by atoms with E-state index in [2.05, 4.69) is 15.5 Å². The Hall–Kier alpha value is -3.76. The zero-order chi connectivity index (χ0) is 29.8. The molecular formula is C19H24N8O10S3. The minimum Gasteiger partial charge on any atom is -0.477 e. The highest BCUT2D eigenvalue weighted by Gasteiger charge is 2.54. The number of hydrogen-bond donors (Lipinski definition) is 7. The van der Waals surface area contributed by atoms with Gasteiger partial charge in [0.1, 0.15) is 35.4 Å². The topological polar surface area (TPSA) is 276 Å². The maximum absolute atomic E-state index is 13.0. The van der Waals surface area contributed by atoms with Gasteiger partial charge in [0, 0.05) is 17.3 Å². The molecule has 2 atom stereocenters. The summed E-state index contributed by atoms with van der Waals surface area (Å²) in [6.45, 7) is 0.108. The summed E-state index contributed by atoms with van der Waals surface area (Å²) in [5.74, 6) is -2.26. The fourth-order valence-electron chi connectivity index (χ4n) is 3.85. The lowest BCUT2D eigenvalue weighted by atomic mass is 10.0. The minimum atomic E-state index is -4.67. The first-order chi connectivity index (χ1) is 18.8. The Balaban J connectivity index is 0.000000810. The number of nitrogens with two attached hydrogens (primary N) is 1. The van der Waals surface area contributed by atoms with E-state index in [1.165, 1.54) is 35.0 Å². The van der Waals surface area contributed by atoms with E-state index < -0.39 is 39.6 Å². The van der Waals surface area contributed by atoms with Crippen molar-refractivity contribution in [2.24, 2.45) is 5.16 Å². The van der Waals surface area contributed by atoms with Crippen molar-refractivity contribution in [2.75, 3.05) is 25.2 Å². The number of aliphatic hydroxyl groups is 1. The molecule has 0 spiro atoms. The molecule has 2 aromatic rings. The summed E-state index contributed by atoms with van der Waals surface area (Å²) >= 11 is 2.43. The van der Waals surface area contributed by atoms with Gasteiger partial charge >= 0.3 is 16.4 Å². The molecule has 0 aliphatic carbocycles. The van der Waals surface area contributed by atoms with E-state index in [0.717, 1.165) is 16.2 Å². The maximum atomic E-state index is 13.0. The largest absolute Gasteiger partial charge is 0.477 e. The number of nitrogens with one attached hydrogen (secondary N) is 2. The lowest BCUT2D eigenvalue weighted by Gasteiger charge is -2.49. The van der Waals surface area contributed by atoms with Crippen molar-refractivity contribution in [1.82, 2.24) is 24.6 Å². The molecule has 2 aromatic heterocycles. The summed E-state index contributed by atoms with van der Waals surface area (Å²) in [4.78, 5) is 47.8. The number of aliphatic hydroxyl groups excluding tert-OH is 1. The molecule has 4 rings (SSSR count). The van der Waals surface area contributed by atoms with E-state index in [9.17, 15) is 24.6 Å². The number of thioether (sulfide) groups is 1. The number of carbonyl (C=O) groups is 3. The van der Waals surface area contributed by atoms with Gasteiger partial charge < -0.3 is 26.1 Å². The second-order valence-corrected chi connectivity index (χ2v) is 10.8. The Morgan fingerprint density at radius 2 is 2.05 bits per heavy atom. The Kier molecular flexibility index (Phi) is 9.70. The number of thiazole rings is 1. The number of carboxylic acids is 1. The quantitative estimate of drug-likeness (QED) is 0.0688. The van der Waals surface area contributed by atoms with E-state index in [0.29, 0.717) is 5.57 Å². The molecule has 2 amide bonds. The van der Waals surface area contributed by atoms with Crippen LogP contribution in [0.3, 0.4) is 0 Å². The number of oxime groups is 1. The third kappa shape index (κ3) is 7.05. The Morgan fingerprint density at radius 1 is 1.38 bits per heavy atom. The molecule has 21 heteroatoms. The summed E-state index contributed by atoms with van der Waals surface area (Å²) in [5.41, 5.74) is 6.14. The van der Waals surface area contributed by atoms with E-state index >= 15 is 0 Å². The number of carboxylic acid groups (broad SMARTS) is 1. The molecule has 8 N–H and O–H groups in total. The standard InChI is InChI=1S/C19H22N8O6S2.H2O4S/c1-33-24-12(10-8-35-19(21)22-10)15(29)23-13-16(30)27-14(18(31)32)9(7-34-17(13)27)6-25-3-2-11(20)26(25)4-5-28;1-5(2,3)4/h2-3,8,13,17,20,28H,4-7H2,1H3,(H2,21,22)(H,23,29)(H,31,32);(H2,1,2,3,4)/b20-11?,24-12+;/t13-,17+;/m0./s1. The van der Waals surface area contributed by atoms with Gasteiger partial charge in [-0.25, -0.2) is 9.78 Å². The second-order valence-electron chi connectivity index (χ2n) is 7.90. The van der Waals surface area contributed by atoms with Gasteiger partial charge in [0.25, 0.3) is 11.8 Å². The number of rotatable bonds is 9. The number of anilines is 1. The van der Waals surface area contributed by atoms with Crippen LogP contribution in [-0.2, 0) is 42.7 Å². The minimum absolute atomic E-state index is 0.122. The monoisotopic (exact) mass is 620 g/mol. The molecule has 40 heavy (non-hydrogen) atoms. The van der Waals surface area contributed by atoms with Crippen LogP contribution in [0.25, 0.3) is 0 Å². The van der Waals surface area contributed by atoms with E-state index in [4.69, 9.17) is 33.5 Å². The number of amides is 2. The highest BCUT2D eigenvalue weighted by Crippen LogP contribution is 2.40. The van der Waals surface area contributed by atoms with Crippen LogP contribution in [0.4, 0.5) is 5.13 Å². The fraction of sp³-hybridized carbons (Fsp3) is 0.368. The number of nitrogen functional groups attached to an aromatic ring is 1. The number of hydrogen-bond acceptors (Lipinski definition) is 13. The summed E-state index contributed by atoms with van der Waals surface area (Å²) in [6.07, 6.45) is 1.62. The average Bonchev–Trinajstić information content (AvgIpc) is 3.45. The first kappa shape index (κ1) is 30.8. The summed E-state index contributed by atoms with van der Waals surface area (Å²) < 4.78 is 34.7. The smallest absolute Gasteiger partial charge is 0.394 e. The van der Waals surface area contributed by atoms with Crippen molar-refractivity contribution in [2.45, 2.75) is 24.5 Å². The maximum Gasteiger partial charge on any atom is 0.394 e. The fourth-order valence-corrected chi connectivity index (χ4v) is 5.73. The van der Waals surface area contributed by atoms with E-state index in [-0.39, 0.29) is 53.2 Å². The summed E-state index contributed by atoms with van der Waals surface area (Å²) in [6, 6.07) is 0.567. The molecular weight excluding hydrogens is 596 g/mol. The van der Waals surface area contributed by atoms with Crippen LogP contribution in [0.2, 0.25) is 0 Å².